The molecular formula is C36H39N3O6. The predicted molar refractivity (Wildman–Crippen MR) is 171 cm³/mol. The molecule has 4 aromatic carbocycles. The summed E-state index contributed by atoms with van der Waals surface area (Å²) in [6, 6.07) is 32.1. The third kappa shape index (κ3) is 10.4. The van der Waals surface area contributed by atoms with Gasteiger partial charge in [-0.05, 0) is 40.3 Å². The molecule has 4 aromatic rings. The van der Waals surface area contributed by atoms with Crippen LogP contribution in [0.5, 0.6) is 11.5 Å². The number of alkyl carbamates (subject to hydrolysis) is 1. The normalized spacial score (nSPS) is 12.1. The molecule has 0 fully saturated rings. The molecule has 0 radical (unpaired) electrons. The number of carbonyl (C=O) groups is 3. The average molecular weight is 610 g/mol. The lowest BCUT2D eigenvalue weighted by atomic mass is 10.0. The topological polar surface area (TPSA) is 129 Å². The Morgan fingerprint density at radius 2 is 1.16 bits per heavy atom. The number of hydrogen-bond acceptors (Lipinski definition) is 6. The van der Waals surface area contributed by atoms with Crippen molar-refractivity contribution in [1.82, 2.24) is 10.6 Å². The van der Waals surface area contributed by atoms with Gasteiger partial charge in [0.05, 0.1) is 0 Å². The predicted octanol–water partition coefficient (Wildman–Crippen LogP) is 5.31. The van der Waals surface area contributed by atoms with E-state index >= 15 is 0 Å². The Balaban J connectivity index is 1.44. The van der Waals surface area contributed by atoms with Crippen molar-refractivity contribution in [2.45, 2.75) is 52.2 Å². The van der Waals surface area contributed by atoms with Crippen LogP contribution in [0.25, 0.3) is 0 Å². The van der Waals surface area contributed by atoms with Crippen LogP contribution in [0.2, 0.25) is 0 Å². The monoisotopic (exact) mass is 609 g/mol. The van der Waals surface area contributed by atoms with Crippen LogP contribution in [-0.4, -0.2) is 30.0 Å². The van der Waals surface area contributed by atoms with Crippen molar-refractivity contribution in [3.63, 3.8) is 0 Å². The molecule has 45 heavy (non-hydrogen) atoms. The minimum atomic E-state index is -1.04. The van der Waals surface area contributed by atoms with Crippen LogP contribution in [0.15, 0.2) is 109 Å². The molecule has 234 valence electrons. The summed E-state index contributed by atoms with van der Waals surface area (Å²) in [5.41, 5.74) is 9.21. The van der Waals surface area contributed by atoms with Gasteiger partial charge in [0.1, 0.15) is 31.9 Å². The molecule has 9 heteroatoms. The highest BCUT2D eigenvalue weighted by Gasteiger charge is 2.29. The molecule has 3 amide bonds. The average Bonchev–Trinajstić information content (AvgIpc) is 3.05. The lowest BCUT2D eigenvalue weighted by molar-refractivity contribution is -0.129. The first-order valence-corrected chi connectivity index (χ1v) is 14.8. The van der Waals surface area contributed by atoms with E-state index in [-0.39, 0.29) is 18.9 Å². The van der Waals surface area contributed by atoms with Crippen LogP contribution < -0.4 is 25.8 Å². The van der Waals surface area contributed by atoms with Crippen LogP contribution in [0.3, 0.4) is 0 Å². The van der Waals surface area contributed by atoms with E-state index in [1.54, 1.807) is 32.0 Å². The van der Waals surface area contributed by atoms with Gasteiger partial charge in [-0.1, -0.05) is 111 Å². The number of ether oxygens (including phenoxy) is 3. The quantitative estimate of drug-likeness (QED) is 0.168. The smallest absolute Gasteiger partial charge is 0.408 e. The van der Waals surface area contributed by atoms with Gasteiger partial charge in [0.25, 0.3) is 0 Å². The van der Waals surface area contributed by atoms with Crippen molar-refractivity contribution in [3.05, 3.63) is 131 Å². The molecule has 0 aliphatic heterocycles. The Hall–Kier alpha value is -5.31. The number of primary amides is 1. The SMILES string of the molecule is CC(C)[C@H](NC(=O)OCc1ccccc1)C(=O)N[C@@H](Cc1ccc(OCc2ccccc2)c(OCc2ccccc2)c1)C(N)=O. The van der Waals surface area contributed by atoms with Crippen molar-refractivity contribution in [2.24, 2.45) is 11.7 Å². The van der Waals surface area contributed by atoms with Gasteiger partial charge >= 0.3 is 6.09 Å². The summed E-state index contributed by atoms with van der Waals surface area (Å²) in [6.07, 6.45) is -0.639. The Morgan fingerprint density at radius 1 is 0.644 bits per heavy atom. The van der Waals surface area contributed by atoms with Crippen molar-refractivity contribution >= 4 is 17.9 Å². The fraction of sp³-hybridized carbons (Fsp3) is 0.250. The standard InChI is InChI=1S/C36H39N3O6/c1-25(2)33(39-36(42)45-24-28-16-10-5-11-17-28)35(41)38-30(34(37)40)20-29-18-19-31(43-22-26-12-6-3-7-13-26)32(21-29)44-23-27-14-8-4-9-15-27/h3-19,21,25,30,33H,20,22-24H2,1-2H3,(H2,37,40)(H,38,41)(H,39,42)/t30-,33-/m0/s1. The van der Waals surface area contributed by atoms with Crippen molar-refractivity contribution in [2.75, 3.05) is 0 Å². The molecule has 4 N–H and O–H groups in total. The van der Waals surface area contributed by atoms with Gasteiger partial charge in [0.15, 0.2) is 11.5 Å². The number of nitrogens with two attached hydrogens (primary N) is 1. The summed E-state index contributed by atoms with van der Waals surface area (Å²) in [7, 11) is 0. The van der Waals surface area contributed by atoms with E-state index in [4.69, 9.17) is 19.9 Å². The zero-order valence-electron chi connectivity index (χ0n) is 25.5. The number of benzene rings is 4. The van der Waals surface area contributed by atoms with Crippen molar-refractivity contribution < 1.29 is 28.6 Å². The van der Waals surface area contributed by atoms with E-state index in [0.717, 1.165) is 16.7 Å². The van der Waals surface area contributed by atoms with E-state index in [1.165, 1.54) is 0 Å². The number of amides is 3. The third-order valence-electron chi connectivity index (χ3n) is 7.02. The molecule has 0 saturated carbocycles. The largest absolute Gasteiger partial charge is 0.485 e. The van der Waals surface area contributed by atoms with Gasteiger partial charge < -0.3 is 30.6 Å². The van der Waals surface area contributed by atoms with E-state index in [0.29, 0.717) is 30.3 Å². The van der Waals surface area contributed by atoms with Crippen LogP contribution in [0.4, 0.5) is 4.79 Å². The second-order valence-electron chi connectivity index (χ2n) is 10.9. The Bertz CT molecular complexity index is 1530. The third-order valence-corrected chi connectivity index (χ3v) is 7.02. The maximum absolute atomic E-state index is 13.3. The van der Waals surface area contributed by atoms with Crippen molar-refractivity contribution in [1.29, 1.82) is 0 Å². The first-order chi connectivity index (χ1) is 21.8. The van der Waals surface area contributed by atoms with Crippen LogP contribution in [-0.2, 0) is 40.6 Å². The van der Waals surface area contributed by atoms with Gasteiger partial charge in [-0.2, -0.15) is 0 Å². The molecule has 0 aromatic heterocycles. The van der Waals surface area contributed by atoms with Crippen molar-refractivity contribution in [3.8, 4) is 11.5 Å². The van der Waals surface area contributed by atoms with Crippen LogP contribution >= 0.6 is 0 Å². The van der Waals surface area contributed by atoms with E-state index in [2.05, 4.69) is 10.6 Å². The molecule has 0 spiro atoms. The highest BCUT2D eigenvalue weighted by molar-refractivity contribution is 5.91. The fourth-order valence-electron chi connectivity index (χ4n) is 4.53. The highest BCUT2D eigenvalue weighted by Crippen LogP contribution is 2.30. The second-order valence-corrected chi connectivity index (χ2v) is 10.9. The molecule has 0 unspecified atom stereocenters. The maximum Gasteiger partial charge on any atom is 0.408 e. The summed E-state index contributed by atoms with van der Waals surface area (Å²) < 4.78 is 17.5. The highest BCUT2D eigenvalue weighted by atomic mass is 16.5. The van der Waals surface area contributed by atoms with Gasteiger partial charge in [0.2, 0.25) is 11.8 Å². The van der Waals surface area contributed by atoms with E-state index in [1.807, 2.05) is 91.0 Å². The number of nitrogens with one attached hydrogen (secondary N) is 2. The molecular weight excluding hydrogens is 570 g/mol. The molecule has 4 rings (SSSR count). The summed E-state index contributed by atoms with van der Waals surface area (Å²) in [5.74, 6) is -0.523. The molecule has 0 bridgehead atoms. The molecule has 9 nitrogen and oxygen atoms in total. The second kappa shape index (κ2) is 16.5. The van der Waals surface area contributed by atoms with Crippen LogP contribution in [0.1, 0.15) is 36.1 Å². The van der Waals surface area contributed by atoms with Gasteiger partial charge in [-0.3, -0.25) is 9.59 Å². The Morgan fingerprint density at radius 3 is 1.67 bits per heavy atom. The first kappa shape index (κ1) is 32.6. The van der Waals surface area contributed by atoms with Gasteiger partial charge in [0, 0.05) is 6.42 Å². The molecule has 0 aliphatic rings. The number of carbonyl (C=O) groups excluding carboxylic acids is 3. The van der Waals surface area contributed by atoms with Gasteiger partial charge in [-0.25, -0.2) is 4.79 Å². The molecule has 2 atom stereocenters. The summed E-state index contributed by atoms with van der Waals surface area (Å²) >= 11 is 0. The maximum atomic E-state index is 13.3. The summed E-state index contributed by atoms with van der Waals surface area (Å²) in [4.78, 5) is 38.2. The van der Waals surface area contributed by atoms with E-state index < -0.39 is 30.0 Å². The lowest BCUT2D eigenvalue weighted by Crippen LogP contribution is -2.55. The Labute approximate surface area is 263 Å². The lowest BCUT2D eigenvalue weighted by Gasteiger charge is -2.24. The minimum Gasteiger partial charge on any atom is -0.485 e. The molecule has 0 heterocycles. The Kier molecular flexibility index (Phi) is 12.0. The molecule has 0 aliphatic carbocycles. The summed E-state index contributed by atoms with van der Waals surface area (Å²) in [6.45, 7) is 4.28. The van der Waals surface area contributed by atoms with E-state index in [9.17, 15) is 14.4 Å². The van der Waals surface area contributed by atoms with Crippen LogP contribution in [0, 0.1) is 5.92 Å². The zero-order chi connectivity index (χ0) is 32.0. The first-order valence-electron chi connectivity index (χ1n) is 14.8. The fourth-order valence-corrected chi connectivity index (χ4v) is 4.53. The number of rotatable bonds is 15. The minimum absolute atomic E-state index is 0.0583. The van der Waals surface area contributed by atoms with Gasteiger partial charge in [-0.15, -0.1) is 0 Å². The molecule has 0 saturated heterocycles. The summed E-state index contributed by atoms with van der Waals surface area (Å²) in [5, 5.41) is 5.32. The number of hydrogen-bond donors (Lipinski definition) is 3. The zero-order valence-corrected chi connectivity index (χ0v) is 25.5.